The van der Waals surface area contributed by atoms with Crippen LogP contribution in [0.2, 0.25) is 0 Å². The van der Waals surface area contributed by atoms with Crippen molar-refractivity contribution >= 4 is 12.4 Å². The lowest BCUT2D eigenvalue weighted by atomic mass is 9.95. The number of benzene rings is 1. The normalized spacial score (nSPS) is 13.8. The van der Waals surface area contributed by atoms with Crippen LogP contribution < -0.4 is 5.73 Å². The van der Waals surface area contributed by atoms with E-state index in [1.54, 1.807) is 6.92 Å². The highest BCUT2D eigenvalue weighted by Crippen LogP contribution is 2.39. The van der Waals surface area contributed by atoms with Gasteiger partial charge in [-0.05, 0) is 24.1 Å². The first-order valence-corrected chi connectivity index (χ1v) is 5.61. The van der Waals surface area contributed by atoms with E-state index in [9.17, 15) is 26.3 Å². The molecule has 2 N–H and O–H groups in total. The largest absolute Gasteiger partial charge is 0.416 e. The second-order valence-corrected chi connectivity index (χ2v) is 4.19. The molecular weight excluding hydrogens is 308 g/mol. The Hall–Kier alpha value is -0.950. The average molecular weight is 322 g/mol. The highest BCUT2D eigenvalue weighted by Gasteiger charge is 2.38. The van der Waals surface area contributed by atoms with Crippen molar-refractivity contribution in [1.82, 2.24) is 0 Å². The van der Waals surface area contributed by atoms with Gasteiger partial charge in [0.05, 0.1) is 11.1 Å². The molecule has 0 radical (unpaired) electrons. The molecule has 0 aromatic heterocycles. The molecule has 8 heteroatoms. The van der Waals surface area contributed by atoms with Crippen molar-refractivity contribution in [1.29, 1.82) is 0 Å². The maximum Gasteiger partial charge on any atom is 0.416 e. The molecular formula is C12H14ClF6N. The van der Waals surface area contributed by atoms with Crippen LogP contribution in [0.4, 0.5) is 26.3 Å². The molecule has 1 aromatic carbocycles. The summed E-state index contributed by atoms with van der Waals surface area (Å²) in [5.41, 5.74) is 2.63. The molecule has 0 aliphatic heterocycles. The van der Waals surface area contributed by atoms with Crippen molar-refractivity contribution in [3.63, 3.8) is 0 Å². The topological polar surface area (TPSA) is 26.0 Å². The average Bonchev–Trinajstić information content (AvgIpc) is 2.26. The van der Waals surface area contributed by atoms with Crippen molar-refractivity contribution in [3.8, 4) is 0 Å². The fourth-order valence-corrected chi connectivity index (χ4v) is 1.77. The maximum absolute atomic E-state index is 12.8. The Bertz CT molecular complexity index is 441. The van der Waals surface area contributed by atoms with E-state index in [2.05, 4.69) is 0 Å². The van der Waals surface area contributed by atoms with Gasteiger partial charge in [-0.2, -0.15) is 26.3 Å². The Labute approximate surface area is 118 Å². The summed E-state index contributed by atoms with van der Waals surface area (Å²) in [5, 5.41) is 0. The molecule has 0 aliphatic rings. The molecule has 0 saturated carbocycles. The van der Waals surface area contributed by atoms with Gasteiger partial charge in [0, 0.05) is 6.04 Å². The summed E-state index contributed by atoms with van der Waals surface area (Å²) in [7, 11) is 0. The van der Waals surface area contributed by atoms with Crippen molar-refractivity contribution in [2.24, 2.45) is 5.73 Å². The van der Waals surface area contributed by atoms with Crippen LogP contribution in [0.25, 0.3) is 0 Å². The van der Waals surface area contributed by atoms with Crippen LogP contribution in [0.3, 0.4) is 0 Å². The monoisotopic (exact) mass is 321 g/mol. The third kappa shape index (κ3) is 4.56. The first-order valence-electron chi connectivity index (χ1n) is 5.61. The van der Waals surface area contributed by atoms with E-state index in [1.165, 1.54) is 0 Å². The smallest absolute Gasteiger partial charge is 0.324 e. The van der Waals surface area contributed by atoms with Gasteiger partial charge in [0.15, 0.2) is 0 Å². The molecule has 0 spiro atoms. The Kier molecular flexibility index (Phi) is 6.35. The molecule has 1 atom stereocenters. The van der Waals surface area contributed by atoms with Crippen LogP contribution in [0.15, 0.2) is 18.2 Å². The second kappa shape index (κ2) is 6.67. The van der Waals surface area contributed by atoms with E-state index in [4.69, 9.17) is 5.73 Å². The summed E-state index contributed by atoms with van der Waals surface area (Å²) in [6.07, 6.45) is -8.86. The van der Waals surface area contributed by atoms with E-state index in [0.717, 1.165) is 6.07 Å². The van der Waals surface area contributed by atoms with E-state index >= 15 is 0 Å². The molecule has 1 aromatic rings. The molecule has 1 rings (SSSR count). The van der Waals surface area contributed by atoms with Crippen LogP contribution in [-0.2, 0) is 12.4 Å². The summed E-state index contributed by atoms with van der Waals surface area (Å²) in [6, 6.07) is 0.626. The van der Waals surface area contributed by atoms with Gasteiger partial charge in [-0.25, -0.2) is 0 Å². The molecule has 116 valence electrons. The van der Waals surface area contributed by atoms with Gasteiger partial charge >= 0.3 is 12.4 Å². The van der Waals surface area contributed by atoms with Gasteiger partial charge in [-0.3, -0.25) is 0 Å². The van der Waals surface area contributed by atoms with Crippen LogP contribution in [0.5, 0.6) is 0 Å². The van der Waals surface area contributed by atoms with Crippen molar-refractivity contribution in [2.45, 2.75) is 38.2 Å². The zero-order chi connectivity index (χ0) is 14.8. The lowest BCUT2D eigenvalue weighted by Crippen LogP contribution is -2.19. The second-order valence-electron chi connectivity index (χ2n) is 4.19. The van der Waals surface area contributed by atoms with E-state index in [0.29, 0.717) is 12.5 Å². The molecule has 0 aliphatic carbocycles. The summed E-state index contributed by atoms with van der Waals surface area (Å²) >= 11 is 0. The molecule has 0 bridgehead atoms. The first kappa shape index (κ1) is 19.1. The molecule has 0 amide bonds. The van der Waals surface area contributed by atoms with E-state index in [1.807, 2.05) is 0 Å². The first-order chi connectivity index (χ1) is 8.57. The maximum atomic E-state index is 12.8. The highest BCUT2D eigenvalue weighted by molar-refractivity contribution is 5.85. The van der Waals surface area contributed by atoms with Crippen molar-refractivity contribution < 1.29 is 26.3 Å². The van der Waals surface area contributed by atoms with Gasteiger partial charge in [0.1, 0.15) is 0 Å². The Balaban J connectivity index is 0.00000361. The number of hydrogen-bond acceptors (Lipinski definition) is 1. The number of nitrogens with two attached hydrogens (primary N) is 1. The Morgan fingerprint density at radius 1 is 1.05 bits per heavy atom. The standard InChI is InChI=1S/C12H13F6N.ClH/c1-2-3-10(19)8-5-4-7(11(13,14)15)6-9(8)12(16,17)18;/h4-6,10H,2-3,19H2,1H3;1H/t10-;/m1./s1. The van der Waals surface area contributed by atoms with E-state index in [-0.39, 0.29) is 30.5 Å². The minimum Gasteiger partial charge on any atom is -0.324 e. The van der Waals surface area contributed by atoms with Crippen LogP contribution in [0, 0.1) is 0 Å². The summed E-state index contributed by atoms with van der Waals surface area (Å²) in [5.74, 6) is 0. The van der Waals surface area contributed by atoms with Gasteiger partial charge in [0.25, 0.3) is 0 Å². The van der Waals surface area contributed by atoms with Gasteiger partial charge in [-0.1, -0.05) is 19.4 Å². The molecule has 1 nitrogen and oxygen atoms in total. The van der Waals surface area contributed by atoms with Crippen molar-refractivity contribution in [3.05, 3.63) is 34.9 Å². The van der Waals surface area contributed by atoms with Gasteiger partial charge < -0.3 is 5.73 Å². The van der Waals surface area contributed by atoms with Gasteiger partial charge in [-0.15, -0.1) is 12.4 Å². The van der Waals surface area contributed by atoms with E-state index < -0.39 is 29.5 Å². The zero-order valence-electron chi connectivity index (χ0n) is 10.5. The van der Waals surface area contributed by atoms with Crippen LogP contribution in [0.1, 0.15) is 42.5 Å². The lowest BCUT2D eigenvalue weighted by molar-refractivity contribution is -0.143. The third-order valence-corrected chi connectivity index (χ3v) is 2.69. The third-order valence-electron chi connectivity index (χ3n) is 2.69. The lowest BCUT2D eigenvalue weighted by Gasteiger charge is -2.19. The van der Waals surface area contributed by atoms with Gasteiger partial charge in [0.2, 0.25) is 0 Å². The highest BCUT2D eigenvalue weighted by atomic mass is 35.5. The predicted molar refractivity (Wildman–Crippen MR) is 65.5 cm³/mol. The molecule has 0 unspecified atom stereocenters. The molecule has 0 fully saturated rings. The molecule has 0 heterocycles. The Morgan fingerprint density at radius 2 is 1.60 bits per heavy atom. The van der Waals surface area contributed by atoms with Crippen LogP contribution >= 0.6 is 12.4 Å². The minimum atomic E-state index is -4.86. The fraction of sp³-hybridized carbons (Fsp3) is 0.500. The van der Waals surface area contributed by atoms with Crippen molar-refractivity contribution in [2.75, 3.05) is 0 Å². The summed E-state index contributed by atoms with van der Waals surface area (Å²) in [4.78, 5) is 0. The summed E-state index contributed by atoms with van der Waals surface area (Å²) < 4.78 is 75.7. The minimum absolute atomic E-state index is 0. The Morgan fingerprint density at radius 3 is 2.00 bits per heavy atom. The van der Waals surface area contributed by atoms with Crippen LogP contribution in [-0.4, -0.2) is 0 Å². The molecule has 20 heavy (non-hydrogen) atoms. The number of hydrogen-bond donors (Lipinski definition) is 1. The zero-order valence-corrected chi connectivity index (χ0v) is 11.3. The molecule has 0 saturated heterocycles. The number of alkyl halides is 6. The predicted octanol–water partition coefficient (Wildman–Crippen LogP) is 4.95. The number of rotatable bonds is 3. The fourth-order valence-electron chi connectivity index (χ4n) is 1.77. The SMILES string of the molecule is CCC[C@@H](N)c1ccc(C(F)(F)F)cc1C(F)(F)F.Cl. The quantitative estimate of drug-likeness (QED) is 0.784. The number of halogens is 7. The summed E-state index contributed by atoms with van der Waals surface area (Å²) in [6.45, 7) is 1.73.